The molecule has 33 heavy (non-hydrogen) atoms. The summed E-state index contributed by atoms with van der Waals surface area (Å²) in [4.78, 5) is 34.5. The molecule has 1 aromatic carbocycles. The van der Waals surface area contributed by atoms with Crippen LogP contribution in [0.15, 0.2) is 47.0 Å². The van der Waals surface area contributed by atoms with E-state index >= 15 is 0 Å². The van der Waals surface area contributed by atoms with Gasteiger partial charge in [-0.2, -0.15) is 0 Å². The maximum absolute atomic E-state index is 12.9. The van der Waals surface area contributed by atoms with Crippen molar-refractivity contribution < 1.29 is 14.0 Å². The van der Waals surface area contributed by atoms with E-state index in [2.05, 4.69) is 39.3 Å². The second-order valence-electron chi connectivity index (χ2n) is 8.39. The molecule has 2 amide bonds. The van der Waals surface area contributed by atoms with Crippen molar-refractivity contribution in [3.63, 3.8) is 0 Å². The minimum atomic E-state index is -0.499. The van der Waals surface area contributed by atoms with Crippen molar-refractivity contribution in [1.82, 2.24) is 14.8 Å². The number of hydrogen-bond donors (Lipinski definition) is 2. The first-order valence-electron chi connectivity index (χ1n) is 11.1. The number of pyridine rings is 1. The van der Waals surface area contributed by atoms with Gasteiger partial charge in [-0.25, -0.2) is 4.98 Å². The Labute approximate surface area is 197 Å². The van der Waals surface area contributed by atoms with E-state index in [1.54, 1.807) is 18.2 Å². The van der Waals surface area contributed by atoms with Gasteiger partial charge in [0, 0.05) is 56.8 Å². The summed E-state index contributed by atoms with van der Waals surface area (Å²) < 4.78 is 5.79. The summed E-state index contributed by atoms with van der Waals surface area (Å²) in [5, 5.41) is 6.73. The molecule has 1 saturated heterocycles. The molecule has 0 spiro atoms. The molecule has 0 radical (unpaired) electrons. The third-order valence-electron chi connectivity index (χ3n) is 5.83. The molecule has 2 N–H and O–H groups in total. The highest BCUT2D eigenvalue weighted by Crippen LogP contribution is 2.31. The van der Waals surface area contributed by atoms with Gasteiger partial charge in [0.05, 0.1) is 5.02 Å². The van der Waals surface area contributed by atoms with Crippen LogP contribution < -0.4 is 10.6 Å². The van der Waals surface area contributed by atoms with Gasteiger partial charge < -0.3 is 20.0 Å². The smallest absolute Gasteiger partial charge is 0.294 e. The van der Waals surface area contributed by atoms with Crippen LogP contribution in [0.4, 0.5) is 11.5 Å². The van der Waals surface area contributed by atoms with Crippen molar-refractivity contribution in [3.05, 3.63) is 53.4 Å². The van der Waals surface area contributed by atoms with Gasteiger partial charge in [-0.1, -0.05) is 23.7 Å². The summed E-state index contributed by atoms with van der Waals surface area (Å²) in [5.41, 5.74) is 0.888. The van der Waals surface area contributed by atoms with Gasteiger partial charge >= 0.3 is 0 Å². The van der Waals surface area contributed by atoms with Gasteiger partial charge in [-0.3, -0.25) is 14.5 Å². The number of carbonyl (C=O) groups excluding carboxylic acids is 2. The zero-order valence-corrected chi connectivity index (χ0v) is 19.6. The number of aromatic nitrogens is 1. The summed E-state index contributed by atoms with van der Waals surface area (Å²) >= 11 is 5.86. The van der Waals surface area contributed by atoms with Crippen LogP contribution in [-0.2, 0) is 4.79 Å². The number of amides is 2. The SMILES string of the molecule is CC(C)N1CCN(CCC(=O)Nc2c(C(=O)Nc3ccc(Cl)cn3)oc3ccccc23)CC1. The molecule has 0 atom stereocenters. The van der Waals surface area contributed by atoms with Crippen molar-refractivity contribution in [2.45, 2.75) is 26.3 Å². The van der Waals surface area contributed by atoms with E-state index in [1.165, 1.54) is 6.20 Å². The van der Waals surface area contributed by atoms with Crippen LogP contribution >= 0.6 is 11.6 Å². The molecule has 8 nitrogen and oxygen atoms in total. The Morgan fingerprint density at radius 3 is 2.55 bits per heavy atom. The van der Waals surface area contributed by atoms with Crippen LogP contribution in [0.2, 0.25) is 5.02 Å². The second kappa shape index (κ2) is 10.3. The lowest BCUT2D eigenvalue weighted by Crippen LogP contribution is -2.49. The van der Waals surface area contributed by atoms with Gasteiger partial charge in [-0.15, -0.1) is 0 Å². The largest absolute Gasteiger partial charge is 0.449 e. The molecule has 0 aliphatic carbocycles. The van der Waals surface area contributed by atoms with Gasteiger partial charge in [0.1, 0.15) is 17.1 Å². The maximum Gasteiger partial charge on any atom is 0.294 e. The molecule has 174 valence electrons. The maximum atomic E-state index is 12.9. The quantitative estimate of drug-likeness (QED) is 0.541. The monoisotopic (exact) mass is 469 g/mol. The number of rotatable bonds is 7. The number of halogens is 1. The van der Waals surface area contributed by atoms with E-state index in [0.29, 0.717) is 46.5 Å². The minimum absolute atomic E-state index is 0.0341. The number of fused-ring (bicyclic) bond motifs is 1. The Balaban J connectivity index is 1.43. The molecule has 3 heterocycles. The van der Waals surface area contributed by atoms with E-state index in [4.69, 9.17) is 16.0 Å². The van der Waals surface area contributed by atoms with Gasteiger partial charge in [0.25, 0.3) is 5.91 Å². The molecule has 1 aliphatic heterocycles. The minimum Gasteiger partial charge on any atom is -0.449 e. The molecule has 1 fully saturated rings. The molecule has 3 aromatic rings. The van der Waals surface area contributed by atoms with Crippen molar-refractivity contribution in [2.75, 3.05) is 43.4 Å². The van der Waals surface area contributed by atoms with Crippen molar-refractivity contribution in [1.29, 1.82) is 0 Å². The summed E-state index contributed by atoms with van der Waals surface area (Å²) in [5.74, 6) is -0.290. The van der Waals surface area contributed by atoms with Gasteiger partial charge in [0.15, 0.2) is 0 Å². The first-order valence-corrected chi connectivity index (χ1v) is 11.5. The fourth-order valence-electron chi connectivity index (χ4n) is 3.92. The van der Waals surface area contributed by atoms with Gasteiger partial charge in [-0.05, 0) is 38.1 Å². The van der Waals surface area contributed by atoms with E-state index in [0.717, 1.165) is 26.2 Å². The number of nitrogens with one attached hydrogen (secondary N) is 2. The van der Waals surface area contributed by atoms with Crippen LogP contribution in [0.25, 0.3) is 11.0 Å². The van der Waals surface area contributed by atoms with Crippen molar-refractivity contribution >= 4 is 45.9 Å². The lowest BCUT2D eigenvalue weighted by molar-refractivity contribution is -0.116. The van der Waals surface area contributed by atoms with Gasteiger partial charge in [0.2, 0.25) is 11.7 Å². The molecule has 0 saturated carbocycles. The Hall–Kier alpha value is -2.94. The number of hydrogen-bond acceptors (Lipinski definition) is 6. The third-order valence-corrected chi connectivity index (χ3v) is 6.05. The fraction of sp³-hybridized carbons (Fsp3) is 0.375. The Morgan fingerprint density at radius 1 is 1.09 bits per heavy atom. The number of benzene rings is 1. The normalized spacial score (nSPS) is 15.2. The lowest BCUT2D eigenvalue weighted by Gasteiger charge is -2.36. The molecule has 0 unspecified atom stereocenters. The Morgan fingerprint density at radius 2 is 1.85 bits per heavy atom. The molecule has 0 bridgehead atoms. The highest BCUT2D eigenvalue weighted by molar-refractivity contribution is 6.30. The summed E-state index contributed by atoms with van der Waals surface area (Å²) in [6, 6.07) is 11.0. The molecule has 9 heteroatoms. The number of nitrogens with zero attached hydrogens (tertiary/aromatic N) is 3. The van der Waals surface area contributed by atoms with E-state index in [-0.39, 0.29) is 11.7 Å². The van der Waals surface area contributed by atoms with Crippen molar-refractivity contribution in [3.8, 4) is 0 Å². The zero-order valence-electron chi connectivity index (χ0n) is 18.8. The predicted octanol–water partition coefficient (Wildman–Crippen LogP) is 4.09. The van der Waals surface area contributed by atoms with Crippen LogP contribution in [0.1, 0.15) is 30.8 Å². The molecule has 1 aliphatic rings. The van der Waals surface area contributed by atoms with E-state index < -0.39 is 5.91 Å². The number of para-hydroxylation sites is 1. The predicted molar refractivity (Wildman–Crippen MR) is 130 cm³/mol. The molecule has 4 rings (SSSR count). The highest BCUT2D eigenvalue weighted by Gasteiger charge is 2.24. The average Bonchev–Trinajstić information content (AvgIpc) is 3.18. The van der Waals surface area contributed by atoms with Crippen LogP contribution in [0.3, 0.4) is 0 Å². The highest BCUT2D eigenvalue weighted by atomic mass is 35.5. The average molecular weight is 470 g/mol. The van der Waals surface area contributed by atoms with E-state index in [9.17, 15) is 9.59 Å². The second-order valence-corrected chi connectivity index (χ2v) is 8.82. The van der Waals surface area contributed by atoms with Crippen LogP contribution in [0, 0.1) is 0 Å². The van der Waals surface area contributed by atoms with Crippen molar-refractivity contribution in [2.24, 2.45) is 0 Å². The third kappa shape index (κ3) is 5.71. The molecule has 2 aromatic heterocycles. The first kappa shape index (κ1) is 23.2. The van der Waals surface area contributed by atoms with E-state index in [1.807, 2.05) is 18.2 Å². The standard InChI is InChI=1S/C24H28ClN5O3/c1-16(2)30-13-11-29(12-14-30)10-9-21(31)28-22-18-5-3-4-6-19(18)33-23(22)24(32)27-20-8-7-17(25)15-26-20/h3-8,15-16H,9-14H2,1-2H3,(H,28,31)(H,26,27,32). The summed E-state index contributed by atoms with van der Waals surface area (Å²) in [7, 11) is 0. The Bertz CT molecular complexity index is 1120. The fourth-order valence-corrected chi connectivity index (χ4v) is 4.03. The number of carbonyl (C=O) groups is 2. The summed E-state index contributed by atoms with van der Waals surface area (Å²) in [6.07, 6.45) is 1.78. The number of anilines is 2. The first-order chi connectivity index (χ1) is 15.9. The molecular formula is C24H28ClN5O3. The summed E-state index contributed by atoms with van der Waals surface area (Å²) in [6.45, 7) is 8.99. The topological polar surface area (TPSA) is 90.7 Å². The number of furan rings is 1. The number of piperazine rings is 1. The lowest BCUT2D eigenvalue weighted by atomic mass is 10.2. The zero-order chi connectivity index (χ0) is 23.4. The molecular weight excluding hydrogens is 442 g/mol. The van der Waals surface area contributed by atoms with Crippen LogP contribution in [-0.4, -0.2) is 65.4 Å². The van der Waals surface area contributed by atoms with Crippen LogP contribution in [0.5, 0.6) is 0 Å². The Kier molecular flexibility index (Phi) is 7.27.